The Labute approximate surface area is 304 Å². The van der Waals surface area contributed by atoms with Crippen LogP contribution in [0.1, 0.15) is 59.4 Å². The van der Waals surface area contributed by atoms with E-state index in [1.807, 2.05) is 62.6 Å². The highest BCUT2D eigenvalue weighted by atomic mass is 35.5. The SMILES string of the molecule is COc1cccc(OC)c1-c1cc(C(=O)NC2(C(=O)O)C3CC4CC(C3)CC2C4)nn1-c1ccc(C(=O)NCCCN(C)C)c2ccccc12.Cl. The highest BCUT2D eigenvalue weighted by Gasteiger charge is 2.62. The van der Waals surface area contributed by atoms with Gasteiger partial charge < -0.3 is 30.1 Å². The number of halogens is 1. The number of carboxylic acids is 1. The van der Waals surface area contributed by atoms with Gasteiger partial charge in [-0.3, -0.25) is 9.59 Å². The van der Waals surface area contributed by atoms with E-state index < -0.39 is 17.4 Å². The van der Waals surface area contributed by atoms with Gasteiger partial charge in [0.05, 0.1) is 31.2 Å². The first-order valence-corrected chi connectivity index (χ1v) is 17.5. The molecule has 0 aliphatic heterocycles. The van der Waals surface area contributed by atoms with Crippen molar-refractivity contribution in [2.45, 2.75) is 44.1 Å². The van der Waals surface area contributed by atoms with E-state index in [9.17, 15) is 19.5 Å². The molecule has 0 saturated heterocycles. The van der Waals surface area contributed by atoms with Gasteiger partial charge in [0.25, 0.3) is 11.8 Å². The number of amides is 2. The average molecular weight is 716 g/mol. The van der Waals surface area contributed by atoms with Crippen LogP contribution in [-0.2, 0) is 4.79 Å². The number of nitrogens with one attached hydrogen (secondary N) is 2. The van der Waals surface area contributed by atoms with Gasteiger partial charge in [-0.1, -0.05) is 30.3 Å². The largest absolute Gasteiger partial charge is 0.496 e. The van der Waals surface area contributed by atoms with Gasteiger partial charge in [0.2, 0.25) is 0 Å². The van der Waals surface area contributed by atoms with Crippen LogP contribution in [0.4, 0.5) is 0 Å². The molecule has 0 atom stereocenters. The molecule has 51 heavy (non-hydrogen) atoms. The molecule has 1 heterocycles. The minimum atomic E-state index is -1.33. The maximum absolute atomic E-state index is 14.3. The Balaban J connectivity index is 0.00000448. The van der Waals surface area contributed by atoms with Gasteiger partial charge in [0, 0.05) is 17.5 Å². The zero-order valence-electron chi connectivity index (χ0n) is 29.5. The predicted molar refractivity (Wildman–Crippen MR) is 197 cm³/mol. The molecule has 4 saturated carbocycles. The summed E-state index contributed by atoms with van der Waals surface area (Å²) in [6, 6.07) is 18.3. The molecule has 8 rings (SSSR count). The zero-order valence-corrected chi connectivity index (χ0v) is 30.3. The van der Waals surface area contributed by atoms with Crippen LogP contribution in [-0.4, -0.2) is 84.5 Å². The summed E-state index contributed by atoms with van der Waals surface area (Å²) in [6.45, 7) is 1.41. The van der Waals surface area contributed by atoms with E-state index in [-0.39, 0.29) is 35.8 Å². The van der Waals surface area contributed by atoms with Crippen molar-refractivity contribution < 1.29 is 29.0 Å². The van der Waals surface area contributed by atoms with Gasteiger partial charge in [-0.25, -0.2) is 9.48 Å². The number of carbonyl (C=O) groups is 3. The Morgan fingerprint density at radius 3 is 2.10 bits per heavy atom. The van der Waals surface area contributed by atoms with Crippen LogP contribution in [0.25, 0.3) is 27.7 Å². The molecule has 3 aromatic carbocycles. The Morgan fingerprint density at radius 2 is 1.51 bits per heavy atom. The minimum Gasteiger partial charge on any atom is -0.496 e. The Kier molecular flexibility index (Phi) is 10.3. The van der Waals surface area contributed by atoms with Crippen molar-refractivity contribution in [1.82, 2.24) is 25.3 Å². The number of carbonyl (C=O) groups excluding carboxylic acids is 2. The molecule has 3 N–H and O–H groups in total. The van der Waals surface area contributed by atoms with Crippen molar-refractivity contribution in [2.75, 3.05) is 41.4 Å². The smallest absolute Gasteiger partial charge is 0.330 e. The lowest BCUT2D eigenvalue weighted by molar-refractivity contribution is -0.163. The fourth-order valence-electron chi connectivity index (χ4n) is 9.10. The average Bonchev–Trinajstić information content (AvgIpc) is 3.55. The summed E-state index contributed by atoms with van der Waals surface area (Å²) in [5, 5.41) is 23.2. The Morgan fingerprint density at radius 1 is 0.882 bits per heavy atom. The lowest BCUT2D eigenvalue weighted by Gasteiger charge is -2.59. The van der Waals surface area contributed by atoms with Gasteiger partial charge in [0.1, 0.15) is 17.0 Å². The third-order valence-electron chi connectivity index (χ3n) is 11.2. The molecular weight excluding hydrogens is 670 g/mol. The molecule has 4 fully saturated rings. The van der Waals surface area contributed by atoms with E-state index in [1.54, 1.807) is 31.0 Å². The summed E-state index contributed by atoms with van der Waals surface area (Å²) >= 11 is 0. The number of ether oxygens (including phenoxy) is 2. The lowest BCUT2D eigenvalue weighted by atomic mass is 9.48. The van der Waals surface area contributed by atoms with Crippen molar-refractivity contribution in [3.8, 4) is 28.4 Å². The first-order valence-electron chi connectivity index (χ1n) is 17.5. The molecule has 270 valence electrons. The maximum Gasteiger partial charge on any atom is 0.330 e. The number of aromatic nitrogens is 2. The summed E-state index contributed by atoms with van der Waals surface area (Å²) in [6.07, 6.45) is 5.26. The molecule has 4 bridgehead atoms. The standard InChI is InChI=1S/C39H45N5O6.ClH/c1-43(2)16-8-15-40-36(45)29-13-14-31(28-10-6-5-9-27(28)29)44-32(35-33(49-3)11-7-12-34(35)50-4)22-30(42-44)37(46)41-39(38(47)48)25-18-23-17-24(20-25)21-26(39)19-23;/h5-7,9-14,22-26H,8,15-21H2,1-4H3,(H,40,45)(H,41,46)(H,47,48);1H. The van der Waals surface area contributed by atoms with E-state index in [0.29, 0.717) is 52.4 Å². The molecule has 4 aromatic rings. The van der Waals surface area contributed by atoms with Crippen LogP contribution < -0.4 is 20.1 Å². The van der Waals surface area contributed by atoms with E-state index in [2.05, 4.69) is 15.5 Å². The third-order valence-corrected chi connectivity index (χ3v) is 11.2. The highest BCUT2D eigenvalue weighted by molar-refractivity contribution is 6.09. The molecule has 0 radical (unpaired) electrons. The maximum atomic E-state index is 14.3. The second-order valence-corrected chi connectivity index (χ2v) is 14.4. The number of rotatable bonds is 12. The van der Waals surface area contributed by atoms with E-state index in [4.69, 9.17) is 14.6 Å². The van der Waals surface area contributed by atoms with E-state index in [0.717, 1.165) is 55.8 Å². The molecule has 0 spiro atoms. The summed E-state index contributed by atoms with van der Waals surface area (Å²) in [5.41, 5.74) is 1.01. The van der Waals surface area contributed by atoms with Gasteiger partial charge in [-0.05, 0) is 119 Å². The minimum absolute atomic E-state index is 0. The van der Waals surface area contributed by atoms with E-state index >= 15 is 0 Å². The second-order valence-electron chi connectivity index (χ2n) is 14.4. The molecule has 0 unspecified atom stereocenters. The number of fused-ring (bicyclic) bond motifs is 1. The highest BCUT2D eigenvalue weighted by Crippen LogP contribution is 2.58. The Bertz CT molecular complexity index is 1910. The molecule has 1 aromatic heterocycles. The first-order chi connectivity index (χ1) is 24.1. The predicted octanol–water partition coefficient (Wildman–Crippen LogP) is 5.82. The number of benzene rings is 3. The van der Waals surface area contributed by atoms with Gasteiger partial charge in [0.15, 0.2) is 5.69 Å². The van der Waals surface area contributed by atoms with Crippen LogP contribution >= 0.6 is 12.4 Å². The molecule has 4 aliphatic rings. The fourth-order valence-corrected chi connectivity index (χ4v) is 9.10. The van der Waals surface area contributed by atoms with Crippen LogP contribution in [0.5, 0.6) is 11.5 Å². The van der Waals surface area contributed by atoms with Crippen molar-refractivity contribution in [2.24, 2.45) is 23.7 Å². The van der Waals surface area contributed by atoms with Gasteiger partial charge in [-0.15, -0.1) is 12.4 Å². The monoisotopic (exact) mass is 715 g/mol. The quantitative estimate of drug-likeness (QED) is 0.156. The normalized spacial score (nSPS) is 23.2. The lowest BCUT2D eigenvalue weighted by Crippen LogP contribution is -2.70. The van der Waals surface area contributed by atoms with Crippen molar-refractivity contribution >= 4 is 41.0 Å². The number of methoxy groups -OCH3 is 2. The van der Waals surface area contributed by atoms with E-state index in [1.165, 1.54) is 0 Å². The van der Waals surface area contributed by atoms with Crippen molar-refractivity contribution in [1.29, 1.82) is 0 Å². The van der Waals surface area contributed by atoms with Crippen LogP contribution in [0, 0.1) is 23.7 Å². The number of hydrogen-bond donors (Lipinski definition) is 3. The number of carboxylic acid groups (broad SMARTS) is 1. The summed E-state index contributed by atoms with van der Waals surface area (Å²) in [5.74, 6) is 0.191. The van der Waals surface area contributed by atoms with Crippen molar-refractivity contribution in [3.63, 3.8) is 0 Å². The Hall–Kier alpha value is -4.61. The topological polar surface area (TPSA) is 135 Å². The van der Waals surface area contributed by atoms with Gasteiger partial charge in [-0.2, -0.15) is 5.10 Å². The fraction of sp³-hybridized carbons (Fsp3) is 0.436. The van der Waals surface area contributed by atoms with Crippen LogP contribution in [0.15, 0.2) is 60.7 Å². The number of hydrogen-bond acceptors (Lipinski definition) is 7. The molecule has 2 amide bonds. The summed E-state index contributed by atoms with van der Waals surface area (Å²) < 4.78 is 13.2. The third kappa shape index (κ3) is 6.42. The summed E-state index contributed by atoms with van der Waals surface area (Å²) in [4.78, 5) is 42.9. The zero-order chi connectivity index (χ0) is 35.2. The first kappa shape index (κ1) is 36.2. The molecule has 11 nitrogen and oxygen atoms in total. The van der Waals surface area contributed by atoms with Crippen LogP contribution in [0.3, 0.4) is 0 Å². The van der Waals surface area contributed by atoms with Crippen LogP contribution in [0.2, 0.25) is 0 Å². The van der Waals surface area contributed by atoms with Crippen molar-refractivity contribution in [3.05, 3.63) is 71.9 Å². The summed E-state index contributed by atoms with van der Waals surface area (Å²) in [7, 11) is 7.13. The number of nitrogens with zero attached hydrogens (tertiary/aromatic N) is 3. The number of aliphatic carboxylic acids is 1. The molecular formula is C39H46ClN5O6. The van der Waals surface area contributed by atoms with Gasteiger partial charge >= 0.3 is 5.97 Å². The molecule has 12 heteroatoms. The second kappa shape index (κ2) is 14.6. The molecule has 4 aliphatic carbocycles.